The fourth-order valence-corrected chi connectivity index (χ4v) is 2.16. The van der Waals surface area contributed by atoms with Gasteiger partial charge in [0.25, 0.3) is 0 Å². The van der Waals surface area contributed by atoms with Crippen LogP contribution in [0.15, 0.2) is 0 Å². The van der Waals surface area contributed by atoms with E-state index < -0.39 is 86.3 Å². The van der Waals surface area contributed by atoms with Crippen molar-refractivity contribution < 1.29 is 80.5 Å². The van der Waals surface area contributed by atoms with Crippen LogP contribution in [0.2, 0.25) is 0 Å². The standard InChI is InChI=1S/C14H14F16O2/c15-7(16,3-1-5-31)9(19,20)11(23,24)13(27,28)14(29,30)12(25,26)10(21,22)8(17,18)4-2-6-32/h31-32H,1-6H2. The summed E-state index contributed by atoms with van der Waals surface area (Å²) < 4.78 is 215. The summed E-state index contributed by atoms with van der Waals surface area (Å²) in [5.74, 6) is -61.2. The van der Waals surface area contributed by atoms with Gasteiger partial charge in [0.2, 0.25) is 0 Å². The van der Waals surface area contributed by atoms with Crippen LogP contribution in [0.3, 0.4) is 0 Å². The van der Waals surface area contributed by atoms with E-state index in [-0.39, 0.29) is 0 Å². The summed E-state index contributed by atoms with van der Waals surface area (Å²) in [5, 5.41) is 16.4. The van der Waals surface area contributed by atoms with Crippen LogP contribution in [0.5, 0.6) is 0 Å². The van der Waals surface area contributed by atoms with Crippen molar-refractivity contribution in [1.82, 2.24) is 0 Å². The Labute approximate surface area is 168 Å². The molecule has 0 aliphatic rings. The maximum Gasteiger partial charge on any atom is 0.384 e. The average molecular weight is 518 g/mol. The van der Waals surface area contributed by atoms with Crippen molar-refractivity contribution in [2.45, 2.75) is 73.1 Å². The third kappa shape index (κ3) is 4.32. The highest BCUT2D eigenvalue weighted by molar-refractivity contribution is 5.15. The van der Waals surface area contributed by atoms with E-state index in [0.29, 0.717) is 0 Å². The van der Waals surface area contributed by atoms with E-state index in [0.717, 1.165) is 0 Å². The van der Waals surface area contributed by atoms with Gasteiger partial charge in [0.15, 0.2) is 0 Å². The number of aliphatic hydroxyl groups excluding tert-OH is 2. The SMILES string of the molecule is OCCCC(F)(F)C(F)(F)C(F)(F)C(F)(F)C(F)(F)C(F)(F)C(F)(F)C(F)(F)CCCO. The minimum Gasteiger partial charge on any atom is -0.396 e. The number of hydrogen-bond acceptors (Lipinski definition) is 2. The number of hydrogen-bond donors (Lipinski definition) is 2. The van der Waals surface area contributed by atoms with Gasteiger partial charge in [-0.1, -0.05) is 0 Å². The zero-order valence-corrected chi connectivity index (χ0v) is 15.2. The molecular formula is C14H14F16O2. The lowest BCUT2D eigenvalue weighted by atomic mass is 9.86. The van der Waals surface area contributed by atoms with Crippen molar-refractivity contribution in [1.29, 1.82) is 0 Å². The second-order valence-corrected chi connectivity index (χ2v) is 6.51. The lowest BCUT2D eigenvalue weighted by molar-refractivity contribution is -0.453. The van der Waals surface area contributed by atoms with Gasteiger partial charge >= 0.3 is 47.4 Å². The zero-order valence-electron chi connectivity index (χ0n) is 15.2. The Morgan fingerprint density at radius 3 is 0.719 bits per heavy atom. The lowest BCUT2D eigenvalue weighted by Crippen LogP contribution is -2.74. The van der Waals surface area contributed by atoms with Crippen LogP contribution >= 0.6 is 0 Å². The number of halogens is 16. The van der Waals surface area contributed by atoms with Crippen LogP contribution in [0, 0.1) is 0 Å². The molecule has 0 fully saturated rings. The summed E-state index contributed by atoms with van der Waals surface area (Å²) in [7, 11) is 0. The van der Waals surface area contributed by atoms with Crippen LogP contribution in [-0.2, 0) is 0 Å². The van der Waals surface area contributed by atoms with Gasteiger partial charge in [-0.25, -0.2) is 0 Å². The summed E-state index contributed by atoms with van der Waals surface area (Å²) in [6, 6.07) is 0. The number of alkyl halides is 16. The van der Waals surface area contributed by atoms with Crippen molar-refractivity contribution >= 4 is 0 Å². The van der Waals surface area contributed by atoms with E-state index in [4.69, 9.17) is 10.2 Å². The first-order valence-corrected chi connectivity index (χ1v) is 8.11. The Kier molecular flexibility index (Phi) is 8.53. The smallest absolute Gasteiger partial charge is 0.384 e. The summed E-state index contributed by atoms with van der Waals surface area (Å²) in [6.07, 6.45) is -8.16. The molecule has 194 valence electrons. The lowest BCUT2D eigenvalue weighted by Gasteiger charge is -2.43. The second-order valence-electron chi connectivity index (χ2n) is 6.51. The highest BCUT2D eigenvalue weighted by Gasteiger charge is 2.94. The first-order valence-electron chi connectivity index (χ1n) is 8.11. The Morgan fingerprint density at radius 1 is 0.344 bits per heavy atom. The molecule has 0 atom stereocenters. The predicted molar refractivity (Wildman–Crippen MR) is 72.2 cm³/mol. The first-order chi connectivity index (χ1) is 13.9. The van der Waals surface area contributed by atoms with Gasteiger partial charge in [-0.2, -0.15) is 70.2 Å². The molecule has 0 aromatic heterocycles. The molecular weight excluding hydrogens is 504 g/mol. The Balaban J connectivity index is 6.58. The maximum atomic E-state index is 13.5. The summed E-state index contributed by atoms with van der Waals surface area (Å²) in [4.78, 5) is 0. The van der Waals surface area contributed by atoms with Gasteiger partial charge in [-0.15, -0.1) is 0 Å². The van der Waals surface area contributed by atoms with Gasteiger partial charge < -0.3 is 10.2 Å². The largest absolute Gasteiger partial charge is 0.396 e. The van der Waals surface area contributed by atoms with Crippen molar-refractivity contribution in [3.63, 3.8) is 0 Å². The van der Waals surface area contributed by atoms with Crippen LogP contribution < -0.4 is 0 Å². The average Bonchev–Trinajstić information content (AvgIpc) is 2.63. The Hall–Kier alpha value is -1.20. The third-order valence-corrected chi connectivity index (χ3v) is 4.19. The molecule has 0 aromatic rings. The van der Waals surface area contributed by atoms with Gasteiger partial charge in [-0.05, 0) is 12.8 Å². The normalized spacial score (nSPS) is 15.9. The van der Waals surface area contributed by atoms with E-state index >= 15 is 0 Å². The van der Waals surface area contributed by atoms with Crippen LogP contribution in [0.25, 0.3) is 0 Å². The summed E-state index contributed by atoms with van der Waals surface area (Å²) >= 11 is 0. The van der Waals surface area contributed by atoms with Gasteiger partial charge in [-0.3, -0.25) is 0 Å². The molecule has 2 N–H and O–H groups in total. The van der Waals surface area contributed by atoms with Gasteiger partial charge in [0.05, 0.1) is 0 Å². The molecule has 0 unspecified atom stereocenters. The molecule has 0 saturated heterocycles. The van der Waals surface area contributed by atoms with Gasteiger partial charge in [0.1, 0.15) is 0 Å². The number of rotatable bonds is 13. The van der Waals surface area contributed by atoms with E-state index in [1.807, 2.05) is 0 Å². The minimum atomic E-state index is -8.44. The molecule has 2 nitrogen and oxygen atoms in total. The number of aliphatic hydroxyl groups is 2. The quantitative estimate of drug-likeness (QED) is 0.311. The van der Waals surface area contributed by atoms with Crippen molar-refractivity contribution in [3.8, 4) is 0 Å². The molecule has 18 heteroatoms. The fraction of sp³-hybridized carbons (Fsp3) is 1.00. The van der Waals surface area contributed by atoms with Crippen LogP contribution in [0.4, 0.5) is 70.2 Å². The molecule has 32 heavy (non-hydrogen) atoms. The Bertz CT molecular complexity index is 576. The van der Waals surface area contributed by atoms with E-state index in [9.17, 15) is 70.2 Å². The third-order valence-electron chi connectivity index (χ3n) is 4.19. The summed E-state index contributed by atoms with van der Waals surface area (Å²) in [6.45, 7) is -2.87. The predicted octanol–water partition coefficient (Wildman–Crippen LogP) is 5.61. The second kappa shape index (κ2) is 8.87. The molecule has 0 aliphatic heterocycles. The van der Waals surface area contributed by atoms with Crippen molar-refractivity contribution in [2.24, 2.45) is 0 Å². The minimum absolute atomic E-state index is 1.43. The molecule has 0 bridgehead atoms. The Morgan fingerprint density at radius 2 is 0.531 bits per heavy atom. The molecule has 0 spiro atoms. The molecule has 0 amide bonds. The molecule has 0 rings (SSSR count). The fourth-order valence-electron chi connectivity index (χ4n) is 2.16. The first kappa shape index (κ1) is 30.8. The molecule has 0 heterocycles. The topological polar surface area (TPSA) is 40.5 Å². The monoisotopic (exact) mass is 518 g/mol. The molecule has 0 aliphatic carbocycles. The highest BCUT2D eigenvalue weighted by Crippen LogP contribution is 2.64. The van der Waals surface area contributed by atoms with Crippen molar-refractivity contribution in [2.75, 3.05) is 13.2 Å². The maximum absolute atomic E-state index is 13.5. The van der Waals surface area contributed by atoms with Gasteiger partial charge in [0, 0.05) is 26.1 Å². The highest BCUT2D eigenvalue weighted by atomic mass is 19.4. The molecule has 0 aromatic carbocycles. The van der Waals surface area contributed by atoms with Crippen LogP contribution in [0.1, 0.15) is 25.7 Å². The molecule has 0 radical (unpaired) electrons. The van der Waals surface area contributed by atoms with E-state index in [1.54, 1.807) is 0 Å². The zero-order chi connectivity index (χ0) is 26.2. The van der Waals surface area contributed by atoms with Crippen LogP contribution in [-0.4, -0.2) is 70.8 Å². The van der Waals surface area contributed by atoms with E-state index in [2.05, 4.69) is 0 Å². The molecule has 0 saturated carbocycles. The van der Waals surface area contributed by atoms with E-state index in [1.165, 1.54) is 0 Å². The van der Waals surface area contributed by atoms with Crippen molar-refractivity contribution in [3.05, 3.63) is 0 Å². The summed E-state index contributed by atoms with van der Waals surface area (Å²) in [5.41, 5.74) is 0.